The fourth-order valence-electron chi connectivity index (χ4n) is 4.10. The SMILES string of the molecule is CC(C)(C)OC(=O)N1CCN(CCN2C(=O)C=CC2=O)CCN(C(=O)OC(C)(C)C)CCN(C(=O)OC(C)(C)C)CC1. The first-order valence-corrected chi connectivity index (χ1v) is 14.4. The standard InChI is InChI=1S/C29H49N5O8/c1-27(2,3)40-24(37)31-15-12-30(14-21-34-22(35)10-11-23(34)36)13-16-32(25(38)41-28(4,5)6)18-20-33(19-17-31)26(39)42-29(7,8)9/h10-11H,12-21H2,1-9H3. The van der Waals surface area contributed by atoms with Gasteiger partial charge in [0.2, 0.25) is 0 Å². The van der Waals surface area contributed by atoms with Gasteiger partial charge < -0.3 is 28.9 Å². The van der Waals surface area contributed by atoms with E-state index in [9.17, 15) is 24.0 Å². The van der Waals surface area contributed by atoms with Crippen LogP contribution in [0.5, 0.6) is 0 Å². The van der Waals surface area contributed by atoms with Crippen LogP contribution < -0.4 is 0 Å². The number of hydrogen-bond acceptors (Lipinski definition) is 9. The third-order valence-corrected chi connectivity index (χ3v) is 6.15. The lowest BCUT2D eigenvalue weighted by Gasteiger charge is -2.36. The fraction of sp³-hybridized carbons (Fsp3) is 0.759. The first-order valence-electron chi connectivity index (χ1n) is 14.4. The summed E-state index contributed by atoms with van der Waals surface area (Å²) in [5.74, 6) is -0.746. The predicted octanol–water partition coefficient (Wildman–Crippen LogP) is 2.94. The summed E-state index contributed by atoms with van der Waals surface area (Å²) in [6, 6.07) is 0. The molecule has 0 aromatic heterocycles. The Kier molecular flexibility index (Phi) is 11.8. The summed E-state index contributed by atoms with van der Waals surface area (Å²) in [6.45, 7) is 18.4. The van der Waals surface area contributed by atoms with Gasteiger partial charge in [0.1, 0.15) is 16.8 Å². The summed E-state index contributed by atoms with van der Waals surface area (Å²) < 4.78 is 16.9. The number of nitrogens with zero attached hydrogens (tertiary/aromatic N) is 5. The predicted molar refractivity (Wildman–Crippen MR) is 156 cm³/mol. The average Bonchev–Trinajstić information content (AvgIpc) is 3.12. The normalized spacial score (nSPS) is 18.5. The molecule has 0 aliphatic carbocycles. The Bertz CT molecular complexity index is 963. The van der Waals surface area contributed by atoms with Gasteiger partial charge in [0, 0.05) is 77.6 Å². The van der Waals surface area contributed by atoms with Crippen LogP contribution in [0.4, 0.5) is 14.4 Å². The third-order valence-electron chi connectivity index (χ3n) is 6.15. The zero-order chi connectivity index (χ0) is 31.9. The molecular formula is C29H49N5O8. The molecule has 0 spiro atoms. The Morgan fingerprint density at radius 3 is 1.12 bits per heavy atom. The molecule has 13 nitrogen and oxygen atoms in total. The molecule has 2 rings (SSSR count). The van der Waals surface area contributed by atoms with E-state index >= 15 is 0 Å². The molecule has 0 N–H and O–H groups in total. The molecule has 2 heterocycles. The van der Waals surface area contributed by atoms with E-state index in [1.807, 2.05) is 4.90 Å². The van der Waals surface area contributed by atoms with Gasteiger partial charge >= 0.3 is 18.3 Å². The van der Waals surface area contributed by atoms with Crippen molar-refractivity contribution in [1.29, 1.82) is 0 Å². The number of carbonyl (C=O) groups is 5. The van der Waals surface area contributed by atoms with Crippen LogP contribution in [0.3, 0.4) is 0 Å². The number of rotatable bonds is 3. The topological polar surface area (TPSA) is 129 Å². The third kappa shape index (κ3) is 12.3. The first kappa shape index (κ1) is 34.8. The van der Waals surface area contributed by atoms with Gasteiger partial charge in [-0.15, -0.1) is 0 Å². The molecule has 0 aromatic carbocycles. The van der Waals surface area contributed by atoms with E-state index in [1.165, 1.54) is 26.9 Å². The summed E-state index contributed by atoms with van der Waals surface area (Å²) in [5.41, 5.74) is -2.17. The van der Waals surface area contributed by atoms with E-state index in [0.717, 1.165) is 4.90 Å². The molecule has 0 aromatic rings. The van der Waals surface area contributed by atoms with Gasteiger partial charge in [-0.25, -0.2) is 14.4 Å². The second kappa shape index (κ2) is 14.2. The van der Waals surface area contributed by atoms with Gasteiger partial charge in [0.05, 0.1) is 0 Å². The first-order chi connectivity index (χ1) is 19.2. The van der Waals surface area contributed by atoms with Gasteiger partial charge in [0.15, 0.2) is 0 Å². The van der Waals surface area contributed by atoms with Crippen molar-refractivity contribution in [2.45, 2.75) is 79.1 Å². The molecule has 0 saturated carbocycles. The maximum atomic E-state index is 13.1. The molecule has 1 fully saturated rings. The quantitative estimate of drug-likeness (QED) is 0.357. The Morgan fingerprint density at radius 2 is 0.833 bits per heavy atom. The summed E-state index contributed by atoms with van der Waals surface area (Å²) in [7, 11) is 0. The van der Waals surface area contributed by atoms with E-state index in [1.54, 1.807) is 62.3 Å². The van der Waals surface area contributed by atoms with Crippen molar-refractivity contribution in [3.8, 4) is 0 Å². The van der Waals surface area contributed by atoms with Crippen LogP contribution in [0.25, 0.3) is 0 Å². The molecule has 1 saturated heterocycles. The minimum Gasteiger partial charge on any atom is -0.444 e. The fourth-order valence-corrected chi connectivity index (χ4v) is 4.10. The highest BCUT2D eigenvalue weighted by Crippen LogP contribution is 2.15. The second-order valence-electron chi connectivity index (χ2n) is 13.4. The van der Waals surface area contributed by atoms with Gasteiger partial charge in [-0.2, -0.15) is 0 Å². The highest BCUT2D eigenvalue weighted by atomic mass is 16.6. The maximum Gasteiger partial charge on any atom is 0.410 e. The summed E-state index contributed by atoms with van der Waals surface area (Å²) in [6.07, 6.45) is 0.886. The molecular weight excluding hydrogens is 546 g/mol. The molecule has 2 aliphatic heterocycles. The Hall–Kier alpha value is -3.35. The van der Waals surface area contributed by atoms with E-state index in [-0.39, 0.29) is 57.6 Å². The van der Waals surface area contributed by atoms with Crippen LogP contribution in [-0.2, 0) is 23.8 Å². The van der Waals surface area contributed by atoms with Crippen LogP contribution in [0, 0.1) is 0 Å². The minimum atomic E-state index is -0.732. The molecule has 238 valence electrons. The summed E-state index contributed by atoms with van der Waals surface area (Å²) in [5, 5.41) is 0. The van der Waals surface area contributed by atoms with Crippen LogP contribution in [0.1, 0.15) is 62.3 Å². The number of ether oxygens (including phenoxy) is 3. The molecule has 5 amide bonds. The Labute approximate surface area is 249 Å². The van der Waals surface area contributed by atoms with Crippen molar-refractivity contribution < 1.29 is 38.2 Å². The minimum absolute atomic E-state index is 0.152. The monoisotopic (exact) mass is 595 g/mol. The lowest BCUT2D eigenvalue weighted by molar-refractivity contribution is -0.137. The number of imide groups is 1. The zero-order valence-electron chi connectivity index (χ0n) is 26.7. The highest BCUT2D eigenvalue weighted by Gasteiger charge is 2.30. The average molecular weight is 596 g/mol. The molecule has 0 bridgehead atoms. The van der Waals surface area contributed by atoms with Crippen LogP contribution >= 0.6 is 0 Å². The number of hydrogen-bond donors (Lipinski definition) is 0. The van der Waals surface area contributed by atoms with Crippen molar-refractivity contribution in [2.75, 3.05) is 65.4 Å². The lowest BCUT2D eigenvalue weighted by Crippen LogP contribution is -2.52. The van der Waals surface area contributed by atoms with Gasteiger partial charge in [-0.1, -0.05) is 0 Å². The van der Waals surface area contributed by atoms with E-state index in [0.29, 0.717) is 19.6 Å². The van der Waals surface area contributed by atoms with Gasteiger partial charge in [-0.05, 0) is 62.3 Å². The van der Waals surface area contributed by atoms with Crippen LogP contribution in [-0.4, -0.2) is 137 Å². The largest absolute Gasteiger partial charge is 0.444 e. The van der Waals surface area contributed by atoms with Gasteiger partial charge in [-0.3, -0.25) is 19.4 Å². The molecule has 42 heavy (non-hydrogen) atoms. The summed E-state index contributed by atoms with van der Waals surface area (Å²) in [4.78, 5) is 71.3. The Morgan fingerprint density at radius 1 is 0.548 bits per heavy atom. The molecule has 0 unspecified atom stereocenters. The lowest BCUT2D eigenvalue weighted by atomic mass is 10.2. The molecule has 13 heteroatoms. The van der Waals surface area contributed by atoms with E-state index in [2.05, 4.69) is 0 Å². The highest BCUT2D eigenvalue weighted by molar-refractivity contribution is 6.12. The van der Waals surface area contributed by atoms with Crippen molar-refractivity contribution in [1.82, 2.24) is 24.5 Å². The maximum absolute atomic E-state index is 13.1. The van der Waals surface area contributed by atoms with Crippen molar-refractivity contribution >= 4 is 30.1 Å². The van der Waals surface area contributed by atoms with E-state index in [4.69, 9.17) is 14.2 Å². The second-order valence-corrected chi connectivity index (χ2v) is 13.4. The number of amides is 5. The van der Waals surface area contributed by atoms with Gasteiger partial charge in [0.25, 0.3) is 11.8 Å². The van der Waals surface area contributed by atoms with Crippen LogP contribution in [0.15, 0.2) is 12.2 Å². The zero-order valence-corrected chi connectivity index (χ0v) is 26.7. The number of carbonyl (C=O) groups excluding carboxylic acids is 5. The Balaban J connectivity index is 2.32. The van der Waals surface area contributed by atoms with Crippen LogP contribution in [0.2, 0.25) is 0 Å². The molecule has 0 radical (unpaired) electrons. The smallest absolute Gasteiger partial charge is 0.410 e. The van der Waals surface area contributed by atoms with Crippen molar-refractivity contribution in [2.24, 2.45) is 0 Å². The van der Waals surface area contributed by atoms with Crippen molar-refractivity contribution in [3.05, 3.63) is 12.2 Å². The van der Waals surface area contributed by atoms with Crippen molar-refractivity contribution in [3.63, 3.8) is 0 Å². The molecule has 0 atom stereocenters. The van der Waals surface area contributed by atoms with E-state index < -0.39 is 35.1 Å². The summed E-state index contributed by atoms with van der Waals surface area (Å²) >= 11 is 0. The molecule has 2 aliphatic rings.